The highest BCUT2D eigenvalue weighted by Crippen LogP contribution is 2.13. The van der Waals surface area contributed by atoms with Gasteiger partial charge in [0.2, 0.25) is 5.88 Å². The summed E-state index contributed by atoms with van der Waals surface area (Å²) in [6.07, 6.45) is 4.89. The molecule has 1 N–H and O–H groups in total. The molecule has 4 nitrogen and oxygen atoms in total. The Morgan fingerprint density at radius 3 is 3.00 bits per heavy atom. The normalized spacial score (nSPS) is 10.0. The van der Waals surface area contributed by atoms with E-state index >= 15 is 0 Å². The van der Waals surface area contributed by atoms with E-state index in [1.165, 1.54) is 0 Å². The summed E-state index contributed by atoms with van der Waals surface area (Å²) in [5.41, 5.74) is 0. The number of aromatic nitrogens is 2. The first kappa shape index (κ1) is 13.5. The fourth-order valence-corrected chi connectivity index (χ4v) is 1.36. The molecule has 4 heteroatoms. The van der Waals surface area contributed by atoms with Crippen molar-refractivity contribution in [2.75, 3.05) is 18.5 Å². The smallest absolute Gasteiger partial charge is 0.218 e. The van der Waals surface area contributed by atoms with E-state index in [2.05, 4.69) is 28.8 Å². The summed E-state index contributed by atoms with van der Waals surface area (Å²) in [7, 11) is 0. The van der Waals surface area contributed by atoms with E-state index in [0.717, 1.165) is 37.4 Å². The molecule has 0 saturated carbocycles. The molecule has 1 aromatic heterocycles. The van der Waals surface area contributed by atoms with E-state index < -0.39 is 0 Å². The lowest BCUT2D eigenvalue weighted by Crippen LogP contribution is -2.06. The lowest BCUT2D eigenvalue weighted by atomic mass is 10.3. The molecule has 0 aliphatic rings. The van der Waals surface area contributed by atoms with E-state index in [-0.39, 0.29) is 0 Å². The summed E-state index contributed by atoms with van der Waals surface area (Å²) in [6, 6.07) is 1.84. The summed E-state index contributed by atoms with van der Waals surface area (Å²) in [5, 5.41) is 3.23. The third kappa shape index (κ3) is 5.33. The predicted octanol–water partition coefficient (Wildman–Crippen LogP) is 2.95. The zero-order valence-electron chi connectivity index (χ0n) is 10.7. The second kappa shape index (κ2) is 7.65. The van der Waals surface area contributed by atoms with Crippen LogP contribution < -0.4 is 10.1 Å². The van der Waals surface area contributed by atoms with E-state index in [9.17, 15) is 0 Å². The molecule has 0 radical (unpaired) electrons. The number of aryl methyl sites for hydroxylation is 1. The topological polar surface area (TPSA) is 47.0 Å². The molecule has 17 heavy (non-hydrogen) atoms. The van der Waals surface area contributed by atoms with Crippen LogP contribution in [0.5, 0.6) is 5.88 Å². The van der Waals surface area contributed by atoms with Crippen molar-refractivity contribution in [2.45, 2.75) is 33.1 Å². The van der Waals surface area contributed by atoms with Gasteiger partial charge in [-0.25, -0.2) is 4.98 Å². The fraction of sp³-hybridized carbons (Fsp3) is 0.538. The average molecular weight is 235 g/mol. The van der Waals surface area contributed by atoms with Crippen LogP contribution >= 0.6 is 0 Å². The standard InChI is InChI=1S/C13H21N3O/c1-4-6-7-9-17-13-10-12(14-8-5-2)15-11(3)16-13/h4,10H,1,5-9H2,2-3H3,(H,14,15,16). The quantitative estimate of drug-likeness (QED) is 0.556. The predicted molar refractivity (Wildman–Crippen MR) is 70.5 cm³/mol. The highest BCUT2D eigenvalue weighted by Gasteiger charge is 2.02. The highest BCUT2D eigenvalue weighted by atomic mass is 16.5. The average Bonchev–Trinajstić information content (AvgIpc) is 2.31. The fourth-order valence-electron chi connectivity index (χ4n) is 1.36. The van der Waals surface area contributed by atoms with Crippen molar-refractivity contribution in [2.24, 2.45) is 0 Å². The summed E-state index contributed by atoms with van der Waals surface area (Å²) in [5.74, 6) is 2.20. The number of nitrogens with zero attached hydrogens (tertiary/aromatic N) is 2. The minimum atomic E-state index is 0.639. The van der Waals surface area contributed by atoms with Crippen LogP contribution in [0, 0.1) is 6.92 Å². The van der Waals surface area contributed by atoms with Crippen LogP contribution in [-0.2, 0) is 0 Å². The zero-order chi connectivity index (χ0) is 12.5. The van der Waals surface area contributed by atoms with Crippen LogP contribution in [0.4, 0.5) is 5.82 Å². The van der Waals surface area contributed by atoms with Crippen LogP contribution in [0.3, 0.4) is 0 Å². The van der Waals surface area contributed by atoms with Crippen LogP contribution in [0.15, 0.2) is 18.7 Å². The molecule has 1 aromatic rings. The van der Waals surface area contributed by atoms with Gasteiger partial charge in [-0.3, -0.25) is 0 Å². The molecular weight excluding hydrogens is 214 g/mol. The number of unbranched alkanes of at least 4 members (excludes halogenated alkanes) is 1. The number of allylic oxidation sites excluding steroid dienone is 1. The summed E-state index contributed by atoms with van der Waals surface area (Å²) in [4.78, 5) is 8.54. The van der Waals surface area contributed by atoms with Gasteiger partial charge in [0.1, 0.15) is 11.6 Å². The molecule has 94 valence electrons. The Morgan fingerprint density at radius 2 is 2.29 bits per heavy atom. The Hall–Kier alpha value is -1.58. The number of anilines is 1. The van der Waals surface area contributed by atoms with Gasteiger partial charge in [-0.05, 0) is 26.2 Å². The van der Waals surface area contributed by atoms with Crippen LogP contribution in [0.2, 0.25) is 0 Å². The van der Waals surface area contributed by atoms with Gasteiger partial charge >= 0.3 is 0 Å². The third-order valence-electron chi connectivity index (χ3n) is 2.17. The van der Waals surface area contributed by atoms with Crippen molar-refractivity contribution in [3.8, 4) is 5.88 Å². The number of nitrogens with one attached hydrogen (secondary N) is 1. The van der Waals surface area contributed by atoms with E-state index in [4.69, 9.17) is 4.74 Å². The Labute approximate surface area is 103 Å². The second-order valence-electron chi connectivity index (χ2n) is 3.84. The molecule has 0 aromatic carbocycles. The van der Waals surface area contributed by atoms with Crippen LogP contribution in [0.1, 0.15) is 32.0 Å². The second-order valence-corrected chi connectivity index (χ2v) is 3.84. The van der Waals surface area contributed by atoms with Gasteiger partial charge in [0.15, 0.2) is 0 Å². The summed E-state index contributed by atoms with van der Waals surface area (Å²) in [6.45, 7) is 9.24. The Morgan fingerprint density at radius 1 is 1.47 bits per heavy atom. The maximum Gasteiger partial charge on any atom is 0.218 e. The molecule has 0 saturated heterocycles. The van der Waals surface area contributed by atoms with Crippen molar-refractivity contribution in [3.05, 3.63) is 24.5 Å². The number of rotatable bonds is 8. The maximum absolute atomic E-state index is 5.57. The van der Waals surface area contributed by atoms with Gasteiger partial charge < -0.3 is 10.1 Å². The van der Waals surface area contributed by atoms with Gasteiger partial charge in [0, 0.05) is 12.6 Å². The van der Waals surface area contributed by atoms with Crippen LogP contribution in [-0.4, -0.2) is 23.1 Å². The molecule has 0 amide bonds. The van der Waals surface area contributed by atoms with Crippen LogP contribution in [0.25, 0.3) is 0 Å². The summed E-state index contributed by atoms with van der Waals surface area (Å²) < 4.78 is 5.57. The van der Waals surface area contributed by atoms with Crippen molar-refractivity contribution < 1.29 is 4.74 Å². The van der Waals surface area contributed by atoms with E-state index in [0.29, 0.717) is 12.5 Å². The maximum atomic E-state index is 5.57. The first-order chi connectivity index (χ1) is 8.26. The SMILES string of the molecule is C=CCCCOc1cc(NCCC)nc(C)n1. The minimum absolute atomic E-state index is 0.639. The van der Waals surface area contributed by atoms with Crippen molar-refractivity contribution >= 4 is 5.82 Å². The molecule has 0 unspecified atom stereocenters. The first-order valence-electron chi connectivity index (χ1n) is 6.09. The van der Waals surface area contributed by atoms with Gasteiger partial charge in [-0.2, -0.15) is 4.98 Å². The van der Waals surface area contributed by atoms with Crippen molar-refractivity contribution in [1.29, 1.82) is 0 Å². The largest absolute Gasteiger partial charge is 0.478 e. The van der Waals surface area contributed by atoms with Crippen molar-refractivity contribution in [3.63, 3.8) is 0 Å². The molecule has 1 heterocycles. The molecular formula is C13H21N3O. The Bertz CT molecular complexity index is 353. The monoisotopic (exact) mass is 235 g/mol. The molecule has 0 aliphatic carbocycles. The molecule has 0 spiro atoms. The lowest BCUT2D eigenvalue weighted by molar-refractivity contribution is 0.299. The van der Waals surface area contributed by atoms with Gasteiger partial charge in [-0.1, -0.05) is 13.0 Å². The van der Waals surface area contributed by atoms with E-state index in [1.807, 2.05) is 19.1 Å². The first-order valence-corrected chi connectivity index (χ1v) is 6.09. The molecule has 0 fully saturated rings. The van der Waals surface area contributed by atoms with Crippen molar-refractivity contribution in [1.82, 2.24) is 9.97 Å². The molecule has 1 rings (SSSR count). The highest BCUT2D eigenvalue weighted by molar-refractivity contribution is 5.38. The number of hydrogen-bond acceptors (Lipinski definition) is 4. The molecule has 0 aliphatic heterocycles. The zero-order valence-corrected chi connectivity index (χ0v) is 10.7. The van der Waals surface area contributed by atoms with Gasteiger partial charge in [0.05, 0.1) is 6.61 Å². The van der Waals surface area contributed by atoms with Gasteiger partial charge in [0.25, 0.3) is 0 Å². The third-order valence-corrected chi connectivity index (χ3v) is 2.17. The minimum Gasteiger partial charge on any atom is -0.478 e. The van der Waals surface area contributed by atoms with E-state index in [1.54, 1.807) is 0 Å². The summed E-state index contributed by atoms with van der Waals surface area (Å²) >= 11 is 0. The number of hydrogen-bond donors (Lipinski definition) is 1. The Balaban J connectivity index is 2.52. The molecule has 0 atom stereocenters. The lowest BCUT2D eigenvalue weighted by Gasteiger charge is -2.08. The Kier molecular flexibility index (Phi) is 6.07. The van der Waals surface area contributed by atoms with Gasteiger partial charge in [-0.15, -0.1) is 6.58 Å². The number of ether oxygens (including phenoxy) is 1. The molecule has 0 bridgehead atoms.